The van der Waals surface area contributed by atoms with Crippen LogP contribution < -0.4 is 4.74 Å². The van der Waals surface area contributed by atoms with Gasteiger partial charge >= 0.3 is 0 Å². The lowest BCUT2D eigenvalue weighted by Gasteiger charge is -2.21. The zero-order chi connectivity index (χ0) is 19.8. The lowest BCUT2D eigenvalue weighted by Crippen LogP contribution is -2.28. The van der Waals surface area contributed by atoms with E-state index in [-0.39, 0.29) is 12.4 Å². The predicted molar refractivity (Wildman–Crippen MR) is 127 cm³/mol. The summed E-state index contributed by atoms with van der Waals surface area (Å²) in [6.07, 6.45) is 8.26. The van der Waals surface area contributed by atoms with Crippen LogP contribution >= 0.6 is 23.7 Å². The molecule has 6 heteroatoms. The molecule has 0 N–H and O–H groups in total. The van der Waals surface area contributed by atoms with Gasteiger partial charge in [-0.3, -0.25) is 4.40 Å². The summed E-state index contributed by atoms with van der Waals surface area (Å²) in [7, 11) is 0. The number of hydrogen-bond donors (Lipinski definition) is 0. The second-order valence-corrected chi connectivity index (χ2v) is 8.25. The van der Waals surface area contributed by atoms with Gasteiger partial charge in [-0.1, -0.05) is 26.7 Å². The molecule has 4 nitrogen and oxygen atoms in total. The molecule has 29 heavy (non-hydrogen) atoms. The number of thiazole rings is 1. The number of fused-ring (bicyclic) bond motifs is 1. The van der Waals surface area contributed by atoms with E-state index < -0.39 is 0 Å². The normalized spacial score (nSPS) is 11.2. The molecule has 0 atom stereocenters. The first-order valence-corrected chi connectivity index (χ1v) is 11.5. The van der Waals surface area contributed by atoms with Crippen molar-refractivity contribution in [3.05, 3.63) is 41.5 Å². The minimum atomic E-state index is 0. The molecule has 1 aromatic carbocycles. The molecule has 0 radical (unpaired) electrons. The number of hydrogen-bond acceptors (Lipinski definition) is 4. The summed E-state index contributed by atoms with van der Waals surface area (Å²) in [5.74, 6) is 0.941. The van der Waals surface area contributed by atoms with E-state index in [0.717, 1.165) is 41.5 Å². The van der Waals surface area contributed by atoms with Gasteiger partial charge in [-0.2, -0.15) is 0 Å². The van der Waals surface area contributed by atoms with Crippen LogP contribution in [0.15, 0.2) is 35.8 Å². The van der Waals surface area contributed by atoms with Gasteiger partial charge in [0.25, 0.3) is 0 Å². The SMILES string of the molecule is CCCCN(CCCC)CCCOc1ccc(-c2nc3sccn3c2C)cc1.Cl. The Bertz CT molecular complexity index is 836. The number of unbranched alkanes of at least 4 members (excludes halogenated alkanes) is 2. The summed E-state index contributed by atoms with van der Waals surface area (Å²) >= 11 is 1.67. The van der Waals surface area contributed by atoms with Crippen molar-refractivity contribution in [1.29, 1.82) is 0 Å². The smallest absolute Gasteiger partial charge is 0.194 e. The van der Waals surface area contributed by atoms with Gasteiger partial charge in [0, 0.05) is 29.4 Å². The van der Waals surface area contributed by atoms with E-state index in [0.29, 0.717) is 0 Å². The van der Waals surface area contributed by atoms with Gasteiger partial charge < -0.3 is 9.64 Å². The lowest BCUT2D eigenvalue weighted by molar-refractivity contribution is 0.229. The summed E-state index contributed by atoms with van der Waals surface area (Å²) in [5, 5.41) is 2.07. The van der Waals surface area contributed by atoms with Crippen molar-refractivity contribution in [2.45, 2.75) is 52.9 Å². The number of aromatic nitrogens is 2. The monoisotopic (exact) mass is 435 g/mol. The molecule has 0 saturated carbocycles. The molecule has 160 valence electrons. The van der Waals surface area contributed by atoms with Gasteiger partial charge in [-0.15, -0.1) is 23.7 Å². The summed E-state index contributed by atoms with van der Waals surface area (Å²) < 4.78 is 8.13. The maximum Gasteiger partial charge on any atom is 0.194 e. The van der Waals surface area contributed by atoms with E-state index in [9.17, 15) is 0 Å². The fourth-order valence-electron chi connectivity index (χ4n) is 3.46. The van der Waals surface area contributed by atoms with E-state index in [1.54, 1.807) is 11.3 Å². The minimum absolute atomic E-state index is 0. The molecule has 0 amide bonds. The Morgan fingerprint density at radius 2 is 1.66 bits per heavy atom. The van der Waals surface area contributed by atoms with Crippen LogP contribution in [0.25, 0.3) is 16.2 Å². The Labute approximate surface area is 185 Å². The van der Waals surface area contributed by atoms with Crippen molar-refractivity contribution in [1.82, 2.24) is 14.3 Å². The number of halogens is 1. The number of ether oxygens (including phenoxy) is 1. The van der Waals surface area contributed by atoms with Crippen molar-refractivity contribution in [3.63, 3.8) is 0 Å². The fourth-order valence-corrected chi connectivity index (χ4v) is 4.22. The molecule has 2 aromatic heterocycles. The average Bonchev–Trinajstić information content (AvgIpc) is 3.30. The van der Waals surface area contributed by atoms with Gasteiger partial charge in [0.1, 0.15) is 5.75 Å². The number of rotatable bonds is 12. The maximum atomic E-state index is 5.98. The lowest BCUT2D eigenvalue weighted by atomic mass is 10.1. The van der Waals surface area contributed by atoms with E-state index in [1.165, 1.54) is 44.5 Å². The van der Waals surface area contributed by atoms with Crippen molar-refractivity contribution in [3.8, 4) is 17.0 Å². The Morgan fingerprint density at radius 1 is 1.00 bits per heavy atom. The molecule has 0 spiro atoms. The van der Waals surface area contributed by atoms with Crippen molar-refractivity contribution < 1.29 is 4.74 Å². The molecule has 0 fully saturated rings. The Hall–Kier alpha value is -1.56. The largest absolute Gasteiger partial charge is 0.494 e. The highest BCUT2D eigenvalue weighted by Crippen LogP contribution is 2.27. The molecule has 0 bridgehead atoms. The highest BCUT2D eigenvalue weighted by atomic mass is 35.5. The van der Waals surface area contributed by atoms with Gasteiger partial charge in [0.2, 0.25) is 0 Å². The van der Waals surface area contributed by atoms with Crippen LogP contribution in [0.1, 0.15) is 51.6 Å². The summed E-state index contributed by atoms with van der Waals surface area (Å²) in [4.78, 5) is 8.39. The molecule has 0 unspecified atom stereocenters. The van der Waals surface area contributed by atoms with Crippen LogP contribution in [0.2, 0.25) is 0 Å². The van der Waals surface area contributed by atoms with Gasteiger partial charge in [0.15, 0.2) is 4.96 Å². The second kappa shape index (κ2) is 12.2. The van der Waals surface area contributed by atoms with Gasteiger partial charge in [-0.05, 0) is 63.5 Å². The third-order valence-electron chi connectivity index (χ3n) is 5.17. The second-order valence-electron chi connectivity index (χ2n) is 7.38. The van der Waals surface area contributed by atoms with Crippen LogP contribution in [0.5, 0.6) is 5.75 Å². The Kier molecular flexibility index (Phi) is 9.98. The standard InChI is InChI=1S/C23H33N3OS.ClH/c1-4-6-13-25(14-7-5-2)15-8-17-27-21-11-9-20(10-12-21)22-19(3)26-16-18-28-23(26)24-22;/h9-12,16,18H,4-8,13-15,17H2,1-3H3;1H. The number of nitrogens with zero attached hydrogens (tertiary/aromatic N) is 3. The van der Waals surface area contributed by atoms with E-state index >= 15 is 0 Å². The molecule has 0 aliphatic carbocycles. The van der Waals surface area contributed by atoms with Crippen LogP contribution in [0.3, 0.4) is 0 Å². The molecule has 3 rings (SSSR count). The van der Waals surface area contributed by atoms with Crippen molar-refractivity contribution in [2.24, 2.45) is 0 Å². The third kappa shape index (κ3) is 6.46. The number of imidazole rings is 1. The highest BCUT2D eigenvalue weighted by molar-refractivity contribution is 7.15. The molecular formula is C23H34ClN3OS. The zero-order valence-corrected chi connectivity index (χ0v) is 19.5. The van der Waals surface area contributed by atoms with Crippen molar-refractivity contribution in [2.75, 3.05) is 26.2 Å². The topological polar surface area (TPSA) is 29.8 Å². The average molecular weight is 436 g/mol. The quantitative estimate of drug-likeness (QED) is 0.305. The van der Waals surface area contributed by atoms with E-state index in [1.807, 2.05) is 0 Å². The molecule has 0 aliphatic heterocycles. The molecule has 3 aromatic rings. The number of benzene rings is 1. The van der Waals surface area contributed by atoms with Crippen LogP contribution in [0, 0.1) is 6.92 Å². The van der Waals surface area contributed by atoms with Crippen LogP contribution in [-0.2, 0) is 0 Å². The van der Waals surface area contributed by atoms with Crippen LogP contribution in [0.4, 0.5) is 0 Å². The molecular weight excluding hydrogens is 402 g/mol. The summed E-state index contributed by atoms with van der Waals surface area (Å²) in [5.41, 5.74) is 3.39. The highest BCUT2D eigenvalue weighted by Gasteiger charge is 2.11. The van der Waals surface area contributed by atoms with Crippen molar-refractivity contribution >= 4 is 28.7 Å². The van der Waals surface area contributed by atoms with E-state index in [4.69, 9.17) is 9.72 Å². The molecule has 0 saturated heterocycles. The first-order valence-electron chi connectivity index (χ1n) is 10.6. The minimum Gasteiger partial charge on any atom is -0.494 e. The zero-order valence-electron chi connectivity index (χ0n) is 17.9. The summed E-state index contributed by atoms with van der Waals surface area (Å²) in [6.45, 7) is 11.0. The van der Waals surface area contributed by atoms with Crippen LogP contribution in [-0.4, -0.2) is 40.5 Å². The first-order chi connectivity index (χ1) is 13.7. The number of aryl methyl sites for hydroxylation is 1. The van der Waals surface area contributed by atoms with Gasteiger partial charge in [-0.25, -0.2) is 4.98 Å². The summed E-state index contributed by atoms with van der Waals surface area (Å²) in [6, 6.07) is 8.36. The van der Waals surface area contributed by atoms with E-state index in [2.05, 4.69) is 65.9 Å². The maximum absolute atomic E-state index is 5.98. The predicted octanol–water partition coefficient (Wildman–Crippen LogP) is 6.46. The van der Waals surface area contributed by atoms with Gasteiger partial charge in [0.05, 0.1) is 12.3 Å². The molecule has 2 heterocycles. The molecule has 0 aliphatic rings. The third-order valence-corrected chi connectivity index (χ3v) is 5.93. The Morgan fingerprint density at radius 3 is 2.28 bits per heavy atom. The first kappa shape index (κ1) is 23.7. The fraction of sp³-hybridized carbons (Fsp3) is 0.522. The Balaban J connectivity index is 0.00000300.